The maximum absolute atomic E-state index is 12.0. The van der Waals surface area contributed by atoms with Crippen LogP contribution in [-0.4, -0.2) is 19.0 Å². The molecule has 0 aromatic heterocycles. The zero-order chi connectivity index (χ0) is 10.3. The molecule has 2 saturated carbocycles. The summed E-state index contributed by atoms with van der Waals surface area (Å²) in [6.45, 7) is 1.49. The first-order chi connectivity index (χ1) is 7.33. The van der Waals surface area contributed by atoms with E-state index in [4.69, 9.17) is 4.74 Å². The lowest BCUT2D eigenvalue weighted by atomic mass is 9.83. The second kappa shape index (κ2) is 3.89. The van der Waals surface area contributed by atoms with Crippen LogP contribution in [0.4, 0.5) is 0 Å². The predicted octanol–water partition coefficient (Wildman–Crippen LogP) is 2.42. The van der Waals surface area contributed by atoms with Crippen molar-refractivity contribution in [2.45, 2.75) is 38.5 Å². The number of rotatable bonds is 3. The molecule has 0 radical (unpaired) electrons. The first-order valence-electron chi connectivity index (χ1n) is 6.43. The Morgan fingerprint density at radius 3 is 2.73 bits per heavy atom. The van der Waals surface area contributed by atoms with Crippen molar-refractivity contribution in [3.8, 4) is 0 Å². The molecule has 3 aliphatic rings. The smallest absolute Gasteiger partial charge is 0.138 e. The van der Waals surface area contributed by atoms with E-state index in [2.05, 4.69) is 0 Å². The van der Waals surface area contributed by atoms with Gasteiger partial charge < -0.3 is 4.74 Å². The number of fused-ring (bicyclic) bond motifs is 2. The van der Waals surface area contributed by atoms with Crippen molar-refractivity contribution < 1.29 is 9.53 Å². The molecule has 0 aromatic carbocycles. The molecule has 0 aromatic rings. The summed E-state index contributed by atoms with van der Waals surface area (Å²) < 4.78 is 5.28. The molecule has 2 aliphatic carbocycles. The van der Waals surface area contributed by atoms with Crippen LogP contribution in [0.15, 0.2) is 0 Å². The lowest BCUT2D eigenvalue weighted by molar-refractivity contribution is -0.124. The van der Waals surface area contributed by atoms with Gasteiger partial charge in [0.25, 0.3) is 0 Å². The number of Topliss-reactive ketones (excluding diaryl/α,β-unsaturated/α-hetero) is 1. The molecule has 4 unspecified atom stereocenters. The second-order valence-electron chi connectivity index (χ2n) is 5.67. The van der Waals surface area contributed by atoms with Gasteiger partial charge >= 0.3 is 0 Å². The van der Waals surface area contributed by atoms with Gasteiger partial charge in [-0.05, 0) is 43.4 Å². The fourth-order valence-electron chi connectivity index (χ4n) is 3.84. The third-order valence-corrected chi connectivity index (χ3v) is 4.73. The minimum absolute atomic E-state index is 0.240. The topological polar surface area (TPSA) is 26.3 Å². The van der Waals surface area contributed by atoms with E-state index >= 15 is 0 Å². The number of carbonyl (C=O) groups excluding carboxylic acids is 1. The molecule has 1 aliphatic heterocycles. The summed E-state index contributed by atoms with van der Waals surface area (Å²) in [5.41, 5.74) is 0. The van der Waals surface area contributed by atoms with Gasteiger partial charge in [-0.15, -0.1) is 0 Å². The van der Waals surface area contributed by atoms with Gasteiger partial charge in [-0.2, -0.15) is 0 Å². The number of hydrogen-bond donors (Lipinski definition) is 0. The summed E-state index contributed by atoms with van der Waals surface area (Å²) in [6.07, 6.45) is 7.41. The number of ether oxygens (including phenoxy) is 1. The van der Waals surface area contributed by atoms with E-state index in [9.17, 15) is 4.79 Å². The van der Waals surface area contributed by atoms with Gasteiger partial charge in [-0.3, -0.25) is 4.79 Å². The Kier molecular flexibility index (Phi) is 2.55. The van der Waals surface area contributed by atoms with Crippen molar-refractivity contribution >= 4 is 5.78 Å². The maximum atomic E-state index is 12.0. The quantitative estimate of drug-likeness (QED) is 0.712. The molecule has 1 saturated heterocycles. The number of hydrogen-bond acceptors (Lipinski definition) is 2. The summed E-state index contributed by atoms with van der Waals surface area (Å²) in [7, 11) is 0. The second-order valence-corrected chi connectivity index (χ2v) is 5.67. The van der Waals surface area contributed by atoms with Gasteiger partial charge in [-0.1, -0.05) is 6.42 Å². The number of carbonyl (C=O) groups is 1. The summed E-state index contributed by atoms with van der Waals surface area (Å²) in [6, 6.07) is 0. The Balaban J connectivity index is 1.54. The van der Waals surface area contributed by atoms with Crippen LogP contribution in [0.1, 0.15) is 38.5 Å². The van der Waals surface area contributed by atoms with Crippen LogP contribution in [0.3, 0.4) is 0 Å². The normalized spacial score (nSPS) is 43.7. The van der Waals surface area contributed by atoms with Crippen LogP contribution < -0.4 is 0 Å². The highest BCUT2D eigenvalue weighted by atomic mass is 16.5. The van der Waals surface area contributed by atoms with E-state index in [0.29, 0.717) is 12.4 Å². The molecule has 15 heavy (non-hydrogen) atoms. The molecule has 3 rings (SSSR count). The Hall–Kier alpha value is -0.370. The SMILES string of the molecule is O=C(CC1CC2CCC1C2)C1CCOC1. The highest BCUT2D eigenvalue weighted by Crippen LogP contribution is 2.49. The molecule has 0 amide bonds. The lowest BCUT2D eigenvalue weighted by Gasteiger charge is -2.21. The Morgan fingerprint density at radius 2 is 2.13 bits per heavy atom. The number of ketones is 1. The predicted molar refractivity (Wildman–Crippen MR) is 57.5 cm³/mol. The molecule has 84 valence electrons. The maximum Gasteiger partial charge on any atom is 0.138 e. The third kappa shape index (κ3) is 1.84. The summed E-state index contributed by atoms with van der Waals surface area (Å²) in [4.78, 5) is 12.0. The van der Waals surface area contributed by atoms with Crippen LogP contribution in [-0.2, 0) is 9.53 Å². The summed E-state index contributed by atoms with van der Waals surface area (Å²) in [5.74, 6) is 3.32. The van der Waals surface area contributed by atoms with Crippen molar-refractivity contribution in [3.05, 3.63) is 0 Å². The highest BCUT2D eigenvalue weighted by molar-refractivity contribution is 5.81. The van der Waals surface area contributed by atoms with Crippen LogP contribution in [0.2, 0.25) is 0 Å². The van der Waals surface area contributed by atoms with Gasteiger partial charge in [0.15, 0.2) is 0 Å². The van der Waals surface area contributed by atoms with Gasteiger partial charge in [0.1, 0.15) is 5.78 Å². The molecule has 2 bridgehead atoms. The van der Waals surface area contributed by atoms with Gasteiger partial charge in [-0.25, -0.2) is 0 Å². The minimum Gasteiger partial charge on any atom is -0.381 e. The minimum atomic E-state index is 0.240. The van der Waals surface area contributed by atoms with E-state index in [1.54, 1.807) is 0 Å². The third-order valence-electron chi connectivity index (χ3n) is 4.73. The Morgan fingerprint density at radius 1 is 1.20 bits per heavy atom. The van der Waals surface area contributed by atoms with E-state index in [-0.39, 0.29) is 5.92 Å². The standard InChI is InChI=1S/C13H20O2/c14-13(11-3-4-15-8-11)7-12-6-9-1-2-10(12)5-9/h9-12H,1-8H2. The fourth-order valence-corrected chi connectivity index (χ4v) is 3.84. The van der Waals surface area contributed by atoms with E-state index < -0.39 is 0 Å². The van der Waals surface area contributed by atoms with E-state index in [0.717, 1.165) is 37.2 Å². The molecule has 3 fully saturated rings. The molecular weight excluding hydrogens is 188 g/mol. The zero-order valence-electron chi connectivity index (χ0n) is 9.28. The van der Waals surface area contributed by atoms with Crippen molar-refractivity contribution in [2.75, 3.05) is 13.2 Å². The Bertz CT molecular complexity index is 255. The highest BCUT2D eigenvalue weighted by Gasteiger charge is 2.40. The van der Waals surface area contributed by atoms with E-state index in [1.165, 1.54) is 25.7 Å². The van der Waals surface area contributed by atoms with Crippen molar-refractivity contribution in [3.63, 3.8) is 0 Å². The molecule has 2 heteroatoms. The first-order valence-corrected chi connectivity index (χ1v) is 6.43. The van der Waals surface area contributed by atoms with Crippen LogP contribution >= 0.6 is 0 Å². The van der Waals surface area contributed by atoms with Crippen LogP contribution in [0.5, 0.6) is 0 Å². The molecular formula is C13H20O2. The monoisotopic (exact) mass is 208 g/mol. The molecule has 4 atom stereocenters. The average Bonchev–Trinajstić information content (AvgIpc) is 2.95. The molecule has 2 nitrogen and oxygen atoms in total. The largest absolute Gasteiger partial charge is 0.381 e. The van der Waals surface area contributed by atoms with Gasteiger partial charge in [0, 0.05) is 18.9 Å². The zero-order valence-corrected chi connectivity index (χ0v) is 9.28. The van der Waals surface area contributed by atoms with E-state index in [1.807, 2.05) is 0 Å². The Labute approximate surface area is 91.4 Å². The van der Waals surface area contributed by atoms with Crippen molar-refractivity contribution in [1.29, 1.82) is 0 Å². The lowest BCUT2D eigenvalue weighted by Crippen LogP contribution is -2.21. The fraction of sp³-hybridized carbons (Fsp3) is 0.923. The van der Waals surface area contributed by atoms with Crippen LogP contribution in [0.25, 0.3) is 0 Å². The first kappa shape index (κ1) is 9.83. The van der Waals surface area contributed by atoms with Crippen LogP contribution in [0, 0.1) is 23.7 Å². The van der Waals surface area contributed by atoms with Gasteiger partial charge in [0.05, 0.1) is 6.61 Å². The summed E-state index contributed by atoms with van der Waals surface area (Å²) >= 11 is 0. The summed E-state index contributed by atoms with van der Waals surface area (Å²) in [5, 5.41) is 0. The molecule has 1 heterocycles. The molecule has 0 N–H and O–H groups in total. The van der Waals surface area contributed by atoms with Crippen molar-refractivity contribution in [2.24, 2.45) is 23.7 Å². The van der Waals surface area contributed by atoms with Crippen molar-refractivity contribution in [1.82, 2.24) is 0 Å². The average molecular weight is 208 g/mol. The molecule has 0 spiro atoms. The van der Waals surface area contributed by atoms with Gasteiger partial charge in [0.2, 0.25) is 0 Å².